The van der Waals surface area contributed by atoms with Crippen LogP contribution in [0.25, 0.3) is 0 Å². The molecule has 0 fully saturated rings. The first-order valence-corrected chi connectivity index (χ1v) is 10.7. The molecule has 1 aromatic heterocycles. The Morgan fingerprint density at radius 2 is 1.80 bits per heavy atom. The third-order valence-corrected chi connectivity index (χ3v) is 4.32. The van der Waals surface area contributed by atoms with Crippen LogP contribution in [0.15, 0.2) is 33.8 Å². The number of hydrogen-bond donors (Lipinski definition) is 2. The van der Waals surface area contributed by atoms with Crippen LogP contribution in [0.5, 0.6) is 11.5 Å². The third-order valence-electron chi connectivity index (χ3n) is 4.32. The molecule has 1 heterocycles. The van der Waals surface area contributed by atoms with E-state index in [-0.39, 0.29) is 5.41 Å². The maximum Gasteiger partial charge on any atom is 0.216 e. The number of aliphatic imine (C=N–C) groups is 1. The molecule has 2 rings (SSSR count). The van der Waals surface area contributed by atoms with Gasteiger partial charge in [0.15, 0.2) is 17.5 Å². The van der Waals surface area contributed by atoms with Gasteiger partial charge in [-0.15, -0.1) is 0 Å². The minimum atomic E-state index is -0.0597. The molecule has 0 saturated carbocycles. The van der Waals surface area contributed by atoms with Crippen molar-refractivity contribution in [2.24, 2.45) is 4.99 Å². The predicted molar refractivity (Wildman–Crippen MR) is 121 cm³/mol. The van der Waals surface area contributed by atoms with Crippen LogP contribution in [0.1, 0.15) is 58.8 Å². The molecule has 0 radical (unpaired) electrons. The Labute approximate surface area is 180 Å². The van der Waals surface area contributed by atoms with Gasteiger partial charge in [0.25, 0.3) is 0 Å². The van der Waals surface area contributed by atoms with Gasteiger partial charge >= 0.3 is 0 Å². The van der Waals surface area contributed by atoms with Gasteiger partial charge in [-0.2, -0.15) is 0 Å². The van der Waals surface area contributed by atoms with Gasteiger partial charge in [-0.1, -0.05) is 26.8 Å². The zero-order valence-corrected chi connectivity index (χ0v) is 19.2. The number of aromatic nitrogens is 1. The monoisotopic (exact) mass is 416 g/mol. The molecule has 2 aromatic rings. The topological polar surface area (TPSA) is 80.9 Å². The SMILES string of the molecule is CCNC(=NCc1ncc(C(C)(C)C)o1)NCCc1ccc(OCC)c(OCC)c1. The molecule has 7 heteroatoms. The first-order valence-electron chi connectivity index (χ1n) is 10.7. The Bertz CT molecular complexity index is 809. The molecule has 0 amide bonds. The molecule has 1 aromatic carbocycles. The number of hydrogen-bond acceptors (Lipinski definition) is 5. The molecule has 0 spiro atoms. The van der Waals surface area contributed by atoms with E-state index in [4.69, 9.17) is 13.9 Å². The fraction of sp³-hybridized carbons (Fsp3) is 0.565. The molecular weight excluding hydrogens is 380 g/mol. The van der Waals surface area contributed by atoms with E-state index in [1.807, 2.05) is 32.9 Å². The first kappa shape index (κ1) is 23.6. The van der Waals surface area contributed by atoms with Crippen LogP contribution in [0.4, 0.5) is 0 Å². The highest BCUT2D eigenvalue weighted by molar-refractivity contribution is 5.79. The summed E-state index contributed by atoms with van der Waals surface area (Å²) < 4.78 is 17.2. The van der Waals surface area contributed by atoms with Crippen LogP contribution in [0.2, 0.25) is 0 Å². The van der Waals surface area contributed by atoms with E-state index in [0.717, 1.165) is 42.7 Å². The maximum atomic E-state index is 5.82. The van der Waals surface area contributed by atoms with Crippen LogP contribution in [0, 0.1) is 0 Å². The molecule has 7 nitrogen and oxygen atoms in total. The van der Waals surface area contributed by atoms with Crippen molar-refractivity contribution in [2.45, 2.75) is 59.9 Å². The fourth-order valence-electron chi connectivity index (χ4n) is 2.79. The molecule has 0 bridgehead atoms. The summed E-state index contributed by atoms with van der Waals surface area (Å²) in [7, 11) is 0. The van der Waals surface area contributed by atoms with Crippen LogP contribution in [-0.2, 0) is 18.4 Å². The molecule has 30 heavy (non-hydrogen) atoms. The lowest BCUT2D eigenvalue weighted by atomic mass is 9.94. The van der Waals surface area contributed by atoms with Crippen molar-refractivity contribution in [3.8, 4) is 11.5 Å². The van der Waals surface area contributed by atoms with Gasteiger partial charge in [-0.05, 0) is 44.9 Å². The second-order valence-electron chi connectivity index (χ2n) is 7.89. The van der Waals surface area contributed by atoms with E-state index >= 15 is 0 Å². The van der Waals surface area contributed by atoms with Gasteiger partial charge in [-0.25, -0.2) is 9.98 Å². The number of nitrogens with zero attached hydrogens (tertiary/aromatic N) is 2. The van der Waals surface area contributed by atoms with E-state index in [0.29, 0.717) is 25.6 Å². The van der Waals surface area contributed by atoms with E-state index in [1.165, 1.54) is 5.56 Å². The van der Waals surface area contributed by atoms with E-state index in [2.05, 4.69) is 47.4 Å². The van der Waals surface area contributed by atoms with Gasteiger partial charge in [0, 0.05) is 18.5 Å². The molecular formula is C23H36N4O3. The summed E-state index contributed by atoms with van der Waals surface area (Å²) in [6.45, 7) is 15.4. The number of benzene rings is 1. The molecule has 0 unspecified atom stereocenters. The minimum Gasteiger partial charge on any atom is -0.490 e. The highest BCUT2D eigenvalue weighted by Gasteiger charge is 2.19. The number of rotatable bonds is 10. The van der Waals surface area contributed by atoms with Crippen LogP contribution in [-0.4, -0.2) is 37.2 Å². The van der Waals surface area contributed by atoms with E-state index < -0.39 is 0 Å². The predicted octanol–water partition coefficient (Wildman–Crippen LogP) is 4.07. The molecule has 2 N–H and O–H groups in total. The van der Waals surface area contributed by atoms with Gasteiger partial charge in [0.05, 0.1) is 19.4 Å². The van der Waals surface area contributed by atoms with E-state index in [1.54, 1.807) is 6.20 Å². The standard InChI is InChI=1S/C23H36N4O3/c1-7-24-22(27-16-21-26-15-20(30-21)23(4,5)6)25-13-12-17-10-11-18(28-8-2)19(14-17)29-9-3/h10-11,14-15H,7-9,12-13,16H2,1-6H3,(H2,24,25,27). The van der Waals surface area contributed by atoms with Gasteiger partial charge in [0.2, 0.25) is 5.89 Å². The van der Waals surface area contributed by atoms with Gasteiger partial charge < -0.3 is 24.5 Å². The number of oxazole rings is 1. The summed E-state index contributed by atoms with van der Waals surface area (Å²) in [6.07, 6.45) is 2.62. The summed E-state index contributed by atoms with van der Waals surface area (Å²) in [6, 6.07) is 6.08. The number of nitrogens with one attached hydrogen (secondary N) is 2. The fourth-order valence-corrected chi connectivity index (χ4v) is 2.79. The molecule has 0 aliphatic rings. The second-order valence-corrected chi connectivity index (χ2v) is 7.89. The van der Waals surface area contributed by atoms with Gasteiger partial charge in [-0.3, -0.25) is 0 Å². The average Bonchev–Trinajstić information content (AvgIpc) is 3.18. The maximum absolute atomic E-state index is 5.82. The normalized spacial score (nSPS) is 12.0. The lowest BCUT2D eigenvalue weighted by molar-refractivity contribution is 0.287. The third kappa shape index (κ3) is 7.28. The number of ether oxygens (including phenoxy) is 2. The first-order chi connectivity index (χ1) is 14.4. The Kier molecular flexibility index (Phi) is 9.02. The second kappa shape index (κ2) is 11.5. The van der Waals surface area contributed by atoms with Crippen molar-refractivity contribution in [2.75, 3.05) is 26.3 Å². The highest BCUT2D eigenvalue weighted by atomic mass is 16.5. The molecule has 0 aliphatic carbocycles. The highest BCUT2D eigenvalue weighted by Crippen LogP contribution is 2.28. The zero-order chi connectivity index (χ0) is 22.0. The summed E-state index contributed by atoms with van der Waals surface area (Å²) >= 11 is 0. The summed E-state index contributed by atoms with van der Waals surface area (Å²) in [5.74, 6) is 3.79. The lowest BCUT2D eigenvalue weighted by Gasteiger charge is -2.14. The van der Waals surface area contributed by atoms with Crippen molar-refractivity contribution < 1.29 is 13.9 Å². The minimum absolute atomic E-state index is 0.0597. The Morgan fingerprint density at radius 3 is 2.43 bits per heavy atom. The van der Waals surface area contributed by atoms with Crippen LogP contribution < -0.4 is 20.1 Å². The zero-order valence-electron chi connectivity index (χ0n) is 19.2. The smallest absolute Gasteiger partial charge is 0.216 e. The lowest BCUT2D eigenvalue weighted by Crippen LogP contribution is -2.38. The Morgan fingerprint density at radius 1 is 1.07 bits per heavy atom. The number of guanidine groups is 1. The van der Waals surface area contributed by atoms with Crippen molar-refractivity contribution in [1.82, 2.24) is 15.6 Å². The quantitative estimate of drug-likeness (QED) is 0.449. The van der Waals surface area contributed by atoms with Crippen molar-refractivity contribution in [3.05, 3.63) is 41.6 Å². The molecule has 166 valence electrons. The average molecular weight is 417 g/mol. The van der Waals surface area contributed by atoms with Crippen LogP contribution >= 0.6 is 0 Å². The van der Waals surface area contributed by atoms with Crippen molar-refractivity contribution in [1.29, 1.82) is 0 Å². The van der Waals surface area contributed by atoms with Gasteiger partial charge in [0.1, 0.15) is 12.3 Å². The molecule has 0 saturated heterocycles. The molecule has 0 atom stereocenters. The van der Waals surface area contributed by atoms with E-state index in [9.17, 15) is 0 Å². The van der Waals surface area contributed by atoms with Crippen molar-refractivity contribution >= 4 is 5.96 Å². The van der Waals surface area contributed by atoms with Crippen LogP contribution in [0.3, 0.4) is 0 Å². The Hall–Kier alpha value is -2.70. The Balaban J connectivity index is 1.95. The summed E-state index contributed by atoms with van der Waals surface area (Å²) in [5.41, 5.74) is 1.11. The summed E-state index contributed by atoms with van der Waals surface area (Å²) in [4.78, 5) is 8.93. The van der Waals surface area contributed by atoms with Crippen molar-refractivity contribution in [3.63, 3.8) is 0 Å². The largest absolute Gasteiger partial charge is 0.490 e. The molecule has 0 aliphatic heterocycles. The summed E-state index contributed by atoms with van der Waals surface area (Å²) in [5, 5.41) is 6.62.